The topological polar surface area (TPSA) is 98.8 Å². The number of methoxy groups -OCH3 is 2. The summed E-state index contributed by atoms with van der Waals surface area (Å²) < 4.78 is 58.0. The molecule has 0 saturated heterocycles. The van der Waals surface area contributed by atoms with E-state index in [2.05, 4.69) is 4.72 Å². The average Bonchev–Trinajstić information content (AvgIpc) is 2.41. The molecule has 0 aliphatic carbocycles. The molecule has 0 aliphatic heterocycles. The van der Waals surface area contributed by atoms with Crippen molar-refractivity contribution in [3.63, 3.8) is 0 Å². The maximum Gasteiger partial charge on any atom is 0.261 e. The quantitative estimate of drug-likeness (QED) is 0.687. The summed E-state index contributed by atoms with van der Waals surface area (Å²) in [6.45, 7) is -0.0575. The van der Waals surface area contributed by atoms with Crippen molar-refractivity contribution in [2.24, 2.45) is 0 Å². The van der Waals surface area contributed by atoms with Crippen LogP contribution in [0, 0.1) is 0 Å². The highest BCUT2D eigenvalue weighted by Crippen LogP contribution is 2.24. The lowest BCUT2D eigenvalue weighted by Gasteiger charge is -2.11. The van der Waals surface area contributed by atoms with Gasteiger partial charge in [-0.3, -0.25) is 0 Å². The van der Waals surface area contributed by atoms with Crippen molar-refractivity contribution in [1.29, 1.82) is 0 Å². The van der Waals surface area contributed by atoms with E-state index < -0.39 is 19.1 Å². The van der Waals surface area contributed by atoms with Crippen molar-refractivity contribution >= 4 is 29.8 Å². The molecule has 0 saturated carbocycles. The van der Waals surface area contributed by atoms with Gasteiger partial charge in [0.15, 0.2) is 0 Å². The van der Waals surface area contributed by atoms with Gasteiger partial charge >= 0.3 is 0 Å². The fraction of sp³-hybridized carbons (Fsp3) is 0.455. The zero-order valence-corrected chi connectivity index (χ0v) is 13.9. The highest BCUT2D eigenvalue weighted by molar-refractivity contribution is 8.13. The van der Waals surface area contributed by atoms with E-state index >= 15 is 0 Å². The summed E-state index contributed by atoms with van der Waals surface area (Å²) >= 11 is 0. The molecule has 1 N–H and O–H groups in total. The van der Waals surface area contributed by atoms with E-state index in [0.29, 0.717) is 11.3 Å². The summed E-state index contributed by atoms with van der Waals surface area (Å²) in [5.74, 6) is 0.160. The maximum absolute atomic E-state index is 11.7. The fourth-order valence-corrected chi connectivity index (χ4v) is 3.21. The first-order valence-corrected chi connectivity index (χ1v) is 9.73. The molecule has 1 rings (SSSR count). The molecule has 0 atom stereocenters. The van der Waals surface area contributed by atoms with Gasteiger partial charge in [-0.05, 0) is 18.2 Å². The van der Waals surface area contributed by atoms with Crippen LogP contribution in [-0.4, -0.2) is 43.4 Å². The lowest BCUT2D eigenvalue weighted by Crippen LogP contribution is -2.28. The number of hydrogen-bond acceptors (Lipinski definition) is 6. The number of hydrogen-bond donors (Lipinski definition) is 1. The Labute approximate surface area is 128 Å². The third kappa shape index (κ3) is 5.79. The van der Waals surface area contributed by atoms with Crippen molar-refractivity contribution in [2.75, 3.05) is 26.6 Å². The molecule has 10 heteroatoms. The SMILES string of the molecule is COCCS(=O)(=O)NCc1cc(S(=O)(=O)Cl)ccc1OC. The van der Waals surface area contributed by atoms with Crippen LogP contribution in [-0.2, 0) is 30.4 Å². The van der Waals surface area contributed by atoms with Crippen LogP contribution in [0.25, 0.3) is 0 Å². The Bertz CT molecular complexity index is 687. The van der Waals surface area contributed by atoms with E-state index in [1.807, 2.05) is 0 Å². The second-order valence-corrected chi connectivity index (χ2v) is 8.54. The second kappa shape index (κ2) is 7.41. The molecule has 7 nitrogen and oxygen atoms in total. The molecule has 0 bridgehead atoms. The Morgan fingerprint density at radius 3 is 2.38 bits per heavy atom. The van der Waals surface area contributed by atoms with Gasteiger partial charge in [0.25, 0.3) is 9.05 Å². The molecule has 0 spiro atoms. The Hall–Kier alpha value is -0.870. The van der Waals surface area contributed by atoms with E-state index in [9.17, 15) is 16.8 Å². The molecule has 0 unspecified atom stereocenters. The Morgan fingerprint density at radius 2 is 1.86 bits per heavy atom. The predicted molar refractivity (Wildman–Crippen MR) is 78.5 cm³/mol. The van der Waals surface area contributed by atoms with Gasteiger partial charge in [0.05, 0.1) is 24.4 Å². The van der Waals surface area contributed by atoms with E-state index in [4.69, 9.17) is 20.2 Å². The fourth-order valence-electron chi connectivity index (χ4n) is 1.50. The third-order valence-electron chi connectivity index (χ3n) is 2.57. The number of rotatable bonds is 8. The van der Waals surface area contributed by atoms with Crippen molar-refractivity contribution in [2.45, 2.75) is 11.4 Å². The van der Waals surface area contributed by atoms with Crippen LogP contribution in [0.3, 0.4) is 0 Å². The Kier molecular flexibility index (Phi) is 6.41. The van der Waals surface area contributed by atoms with E-state index in [1.165, 1.54) is 32.4 Å². The first-order chi connectivity index (χ1) is 9.69. The number of benzene rings is 1. The van der Waals surface area contributed by atoms with Gasteiger partial charge < -0.3 is 9.47 Å². The third-order valence-corrected chi connectivity index (χ3v) is 5.21. The summed E-state index contributed by atoms with van der Waals surface area (Å²) in [7, 11) is 0.626. The number of ether oxygens (including phenoxy) is 2. The molecule has 0 amide bonds. The zero-order valence-electron chi connectivity index (χ0n) is 11.5. The number of halogens is 1. The lowest BCUT2D eigenvalue weighted by molar-refractivity contribution is 0.217. The highest BCUT2D eigenvalue weighted by atomic mass is 35.7. The lowest BCUT2D eigenvalue weighted by atomic mass is 10.2. The van der Waals surface area contributed by atoms with E-state index in [-0.39, 0.29) is 23.8 Å². The second-order valence-electron chi connectivity index (χ2n) is 4.04. The molecule has 120 valence electrons. The van der Waals surface area contributed by atoms with Crippen molar-refractivity contribution < 1.29 is 26.3 Å². The first kappa shape index (κ1) is 18.2. The van der Waals surface area contributed by atoms with E-state index in [1.54, 1.807) is 0 Å². The minimum Gasteiger partial charge on any atom is -0.496 e. The molecule has 0 aromatic heterocycles. The first-order valence-electron chi connectivity index (χ1n) is 5.77. The summed E-state index contributed by atoms with van der Waals surface area (Å²) in [5, 5.41) is 0. The van der Waals surface area contributed by atoms with E-state index in [0.717, 1.165) is 0 Å². The van der Waals surface area contributed by atoms with Gasteiger partial charge in [-0.15, -0.1) is 0 Å². The standard InChI is InChI=1S/C11H16ClNO6S2/c1-18-5-6-20(14,15)13-8-9-7-10(21(12,16)17)3-4-11(9)19-2/h3-4,7,13H,5-6,8H2,1-2H3. The monoisotopic (exact) mass is 357 g/mol. The Balaban J connectivity index is 2.96. The minimum atomic E-state index is -3.90. The number of nitrogens with one attached hydrogen (secondary N) is 1. The molecule has 1 aromatic rings. The normalized spacial score (nSPS) is 12.3. The molecule has 0 radical (unpaired) electrons. The smallest absolute Gasteiger partial charge is 0.261 e. The summed E-state index contributed by atoms with van der Waals surface area (Å²) in [5.41, 5.74) is 0.361. The van der Waals surface area contributed by atoms with Gasteiger partial charge in [0.1, 0.15) is 5.75 Å². The van der Waals surface area contributed by atoms with Gasteiger partial charge in [0.2, 0.25) is 10.0 Å². The molecular formula is C11H16ClNO6S2. The molecular weight excluding hydrogens is 342 g/mol. The van der Waals surface area contributed by atoms with Crippen LogP contribution in [0.5, 0.6) is 5.75 Å². The maximum atomic E-state index is 11.7. The van der Waals surface area contributed by atoms with Crippen LogP contribution in [0.1, 0.15) is 5.56 Å². The van der Waals surface area contributed by atoms with Crippen molar-refractivity contribution in [3.8, 4) is 5.75 Å². The molecule has 0 fully saturated rings. The Morgan fingerprint density at radius 1 is 1.19 bits per heavy atom. The van der Waals surface area contributed by atoms with Crippen molar-refractivity contribution in [1.82, 2.24) is 4.72 Å². The van der Waals surface area contributed by atoms with Crippen LogP contribution < -0.4 is 9.46 Å². The van der Waals surface area contributed by atoms with Crippen LogP contribution >= 0.6 is 10.7 Å². The summed E-state index contributed by atoms with van der Waals surface area (Å²) in [6, 6.07) is 3.96. The average molecular weight is 358 g/mol. The summed E-state index contributed by atoms with van der Waals surface area (Å²) in [4.78, 5) is -0.129. The molecule has 0 aliphatic rings. The van der Waals surface area contributed by atoms with Crippen LogP contribution in [0.15, 0.2) is 23.1 Å². The van der Waals surface area contributed by atoms with Gasteiger partial charge in [-0.25, -0.2) is 21.6 Å². The van der Waals surface area contributed by atoms with Gasteiger partial charge in [0, 0.05) is 29.9 Å². The van der Waals surface area contributed by atoms with Crippen molar-refractivity contribution in [3.05, 3.63) is 23.8 Å². The van der Waals surface area contributed by atoms with Crippen LogP contribution in [0.4, 0.5) is 0 Å². The zero-order chi connectivity index (χ0) is 16.1. The van der Waals surface area contributed by atoms with Gasteiger partial charge in [-0.1, -0.05) is 0 Å². The van der Waals surface area contributed by atoms with Gasteiger partial charge in [-0.2, -0.15) is 0 Å². The molecule has 21 heavy (non-hydrogen) atoms. The molecule has 1 aromatic carbocycles. The highest BCUT2D eigenvalue weighted by Gasteiger charge is 2.16. The minimum absolute atomic E-state index is 0.0581. The summed E-state index contributed by atoms with van der Waals surface area (Å²) in [6.07, 6.45) is 0. The largest absolute Gasteiger partial charge is 0.496 e. The molecule has 0 heterocycles. The predicted octanol–water partition coefficient (Wildman–Crippen LogP) is 0.688. The van der Waals surface area contributed by atoms with Crippen LogP contribution in [0.2, 0.25) is 0 Å². The number of sulfonamides is 1.